The fourth-order valence-electron chi connectivity index (χ4n) is 2.23. The molecule has 1 aromatic carbocycles. The molecule has 0 aliphatic rings. The molecule has 9 heteroatoms. The Balaban J connectivity index is 2.18. The fraction of sp³-hybridized carbons (Fsp3) is 0.0714. The van der Waals surface area contributed by atoms with E-state index in [9.17, 15) is 13.2 Å². The molecule has 0 spiro atoms. The Morgan fingerprint density at radius 2 is 2.04 bits per heavy atom. The van der Waals surface area contributed by atoms with Crippen LogP contribution < -0.4 is 0 Å². The summed E-state index contributed by atoms with van der Waals surface area (Å²) in [6.45, 7) is 0. The summed E-state index contributed by atoms with van der Waals surface area (Å²) in [6.07, 6.45) is -2.19. The van der Waals surface area contributed by atoms with E-state index in [1.54, 1.807) is 30.5 Å². The Kier molecular flexibility index (Phi) is 3.63. The van der Waals surface area contributed by atoms with Crippen molar-refractivity contribution in [2.45, 2.75) is 6.18 Å². The lowest BCUT2D eigenvalue weighted by Gasteiger charge is -2.10. The number of hydrogen-bond donors (Lipinski definition) is 0. The zero-order valence-corrected chi connectivity index (χ0v) is 12.0. The molecule has 0 N–H and O–H groups in total. The number of azide groups is 1. The molecule has 5 nitrogen and oxygen atoms in total. The van der Waals surface area contributed by atoms with Crippen molar-refractivity contribution < 1.29 is 13.2 Å². The van der Waals surface area contributed by atoms with Crippen LogP contribution >= 0.6 is 11.6 Å². The third kappa shape index (κ3) is 2.69. The molecular weight excluding hydrogens is 331 g/mol. The Labute approximate surface area is 132 Å². The van der Waals surface area contributed by atoms with Gasteiger partial charge in [0.25, 0.3) is 0 Å². The van der Waals surface area contributed by atoms with Crippen LogP contribution in [0.1, 0.15) is 5.56 Å². The van der Waals surface area contributed by atoms with E-state index in [4.69, 9.17) is 17.1 Å². The molecule has 0 amide bonds. The van der Waals surface area contributed by atoms with Crippen molar-refractivity contribution >= 4 is 28.2 Å². The van der Waals surface area contributed by atoms with E-state index in [1.807, 2.05) is 0 Å². The molecule has 0 atom stereocenters. The quantitative estimate of drug-likeness (QED) is 0.339. The predicted octanol–water partition coefficient (Wildman–Crippen LogP) is 5.64. The van der Waals surface area contributed by atoms with E-state index in [2.05, 4.69) is 15.0 Å². The van der Waals surface area contributed by atoms with Gasteiger partial charge in [-0.3, -0.25) is 4.57 Å². The number of aromatic nitrogens is 2. The fourth-order valence-corrected chi connectivity index (χ4v) is 2.49. The molecular formula is C14H7ClF3N5. The summed E-state index contributed by atoms with van der Waals surface area (Å²) in [4.78, 5) is 6.56. The number of alkyl halides is 3. The summed E-state index contributed by atoms with van der Waals surface area (Å²) in [5, 5.41) is 4.08. The summed E-state index contributed by atoms with van der Waals surface area (Å²) in [5.41, 5.74) is 8.67. The molecule has 0 aliphatic carbocycles. The molecule has 0 saturated carbocycles. The van der Waals surface area contributed by atoms with Crippen LogP contribution in [0.25, 0.3) is 27.2 Å². The second kappa shape index (κ2) is 5.49. The van der Waals surface area contributed by atoms with Gasteiger partial charge in [-0.05, 0) is 23.7 Å². The van der Waals surface area contributed by atoms with E-state index in [0.29, 0.717) is 16.6 Å². The topological polar surface area (TPSA) is 66.6 Å². The van der Waals surface area contributed by atoms with Gasteiger partial charge in [-0.25, -0.2) is 4.98 Å². The average molecular weight is 338 g/mol. The predicted molar refractivity (Wildman–Crippen MR) is 79.9 cm³/mol. The molecule has 116 valence electrons. The van der Waals surface area contributed by atoms with E-state index in [-0.39, 0.29) is 10.8 Å². The SMILES string of the molecule is [N-]=[N+]=Nc1cccc2c1ccn2-c1ncc(C(F)(F)F)cc1Cl. The molecule has 23 heavy (non-hydrogen) atoms. The Bertz CT molecular complexity index is 941. The highest BCUT2D eigenvalue weighted by atomic mass is 35.5. The van der Waals surface area contributed by atoms with Gasteiger partial charge in [0.15, 0.2) is 5.82 Å². The second-order valence-corrected chi connectivity index (χ2v) is 5.02. The number of nitrogens with zero attached hydrogens (tertiary/aromatic N) is 5. The molecule has 3 aromatic rings. The van der Waals surface area contributed by atoms with Gasteiger partial charge in [-0.15, -0.1) is 0 Å². The van der Waals surface area contributed by atoms with Gasteiger partial charge in [0.05, 0.1) is 16.1 Å². The summed E-state index contributed by atoms with van der Waals surface area (Å²) in [5.74, 6) is 0.160. The summed E-state index contributed by atoms with van der Waals surface area (Å²) >= 11 is 5.96. The van der Waals surface area contributed by atoms with Gasteiger partial charge in [0.1, 0.15) is 0 Å². The van der Waals surface area contributed by atoms with Crippen molar-refractivity contribution in [2.75, 3.05) is 0 Å². The van der Waals surface area contributed by atoms with Crippen LogP contribution in [0, 0.1) is 0 Å². The number of halogens is 4. The number of hydrogen-bond acceptors (Lipinski definition) is 2. The first-order chi connectivity index (χ1) is 10.9. The van der Waals surface area contributed by atoms with Crippen LogP contribution in [0.2, 0.25) is 5.02 Å². The van der Waals surface area contributed by atoms with Gasteiger partial charge < -0.3 is 0 Å². The van der Waals surface area contributed by atoms with Crippen LogP contribution in [-0.4, -0.2) is 9.55 Å². The van der Waals surface area contributed by atoms with Gasteiger partial charge in [-0.1, -0.05) is 28.8 Å². The van der Waals surface area contributed by atoms with Crippen LogP contribution in [0.3, 0.4) is 0 Å². The zero-order chi connectivity index (χ0) is 16.6. The molecule has 0 unspecified atom stereocenters. The monoisotopic (exact) mass is 337 g/mol. The Morgan fingerprint density at radius 1 is 1.26 bits per heavy atom. The smallest absolute Gasteiger partial charge is 0.300 e. The minimum atomic E-state index is -4.51. The standard InChI is InChI=1S/C14H7ClF3N5/c15-10-6-8(14(16,17)18)7-20-13(10)23-5-4-9-11(21-22-19)2-1-3-12(9)23/h1-7H. The second-order valence-electron chi connectivity index (χ2n) is 4.61. The normalized spacial score (nSPS) is 11.5. The lowest BCUT2D eigenvalue weighted by molar-refractivity contribution is -0.137. The highest BCUT2D eigenvalue weighted by Gasteiger charge is 2.31. The Hall–Kier alpha value is -2.70. The number of benzene rings is 1. The zero-order valence-electron chi connectivity index (χ0n) is 11.3. The molecule has 0 aliphatic heterocycles. The largest absolute Gasteiger partial charge is 0.417 e. The minimum absolute atomic E-state index is 0.133. The van der Waals surface area contributed by atoms with E-state index in [1.165, 1.54) is 4.57 Å². The molecule has 0 radical (unpaired) electrons. The number of pyridine rings is 1. The molecule has 0 fully saturated rings. The van der Waals surface area contributed by atoms with E-state index < -0.39 is 11.7 Å². The highest BCUT2D eigenvalue weighted by molar-refractivity contribution is 6.32. The molecule has 0 bridgehead atoms. The van der Waals surface area contributed by atoms with E-state index >= 15 is 0 Å². The highest BCUT2D eigenvalue weighted by Crippen LogP contribution is 2.34. The third-order valence-electron chi connectivity index (χ3n) is 3.24. The lowest BCUT2D eigenvalue weighted by atomic mass is 10.2. The average Bonchev–Trinajstić information content (AvgIpc) is 2.91. The number of rotatable bonds is 2. The first-order valence-electron chi connectivity index (χ1n) is 6.30. The lowest BCUT2D eigenvalue weighted by Crippen LogP contribution is -2.07. The van der Waals surface area contributed by atoms with Crippen molar-refractivity contribution in [3.05, 3.63) is 63.8 Å². The number of fused-ring (bicyclic) bond motifs is 1. The summed E-state index contributed by atoms with van der Waals surface area (Å²) in [7, 11) is 0. The molecule has 0 saturated heterocycles. The molecule has 2 aromatic heterocycles. The van der Waals surface area contributed by atoms with Gasteiger partial charge >= 0.3 is 6.18 Å². The first kappa shape index (κ1) is 15.2. The van der Waals surface area contributed by atoms with Gasteiger partial charge in [0.2, 0.25) is 0 Å². The van der Waals surface area contributed by atoms with Crippen molar-refractivity contribution in [3.63, 3.8) is 0 Å². The maximum absolute atomic E-state index is 12.7. The summed E-state index contributed by atoms with van der Waals surface area (Å²) in [6, 6.07) is 7.53. The van der Waals surface area contributed by atoms with Gasteiger partial charge in [-0.2, -0.15) is 13.2 Å². The first-order valence-corrected chi connectivity index (χ1v) is 6.68. The van der Waals surface area contributed by atoms with Gasteiger partial charge in [0, 0.05) is 28.4 Å². The van der Waals surface area contributed by atoms with Crippen molar-refractivity contribution in [1.29, 1.82) is 0 Å². The van der Waals surface area contributed by atoms with Crippen molar-refractivity contribution in [1.82, 2.24) is 9.55 Å². The third-order valence-corrected chi connectivity index (χ3v) is 3.52. The maximum atomic E-state index is 12.7. The molecule has 2 heterocycles. The van der Waals surface area contributed by atoms with Crippen LogP contribution in [0.4, 0.5) is 18.9 Å². The van der Waals surface area contributed by atoms with Crippen molar-refractivity contribution in [3.8, 4) is 5.82 Å². The van der Waals surface area contributed by atoms with Crippen LogP contribution in [-0.2, 0) is 6.18 Å². The van der Waals surface area contributed by atoms with E-state index in [0.717, 1.165) is 12.3 Å². The summed E-state index contributed by atoms with van der Waals surface area (Å²) < 4.78 is 39.6. The molecule has 3 rings (SSSR count). The maximum Gasteiger partial charge on any atom is 0.417 e. The van der Waals surface area contributed by atoms with Crippen LogP contribution in [0.5, 0.6) is 0 Å². The minimum Gasteiger partial charge on any atom is -0.300 e. The van der Waals surface area contributed by atoms with Crippen molar-refractivity contribution in [2.24, 2.45) is 5.11 Å². The van der Waals surface area contributed by atoms with Crippen LogP contribution in [0.15, 0.2) is 47.8 Å². The Morgan fingerprint density at radius 3 is 2.70 bits per heavy atom.